The number of hydrogen-bond donors (Lipinski definition) is 1. The summed E-state index contributed by atoms with van der Waals surface area (Å²) < 4.78 is 15.0. The molecule has 0 aliphatic rings. The Labute approximate surface area is 142 Å². The molecule has 0 bridgehead atoms. The molecule has 0 saturated carbocycles. The molecule has 1 amide bonds. The van der Waals surface area contributed by atoms with E-state index in [9.17, 15) is 19.3 Å². The monoisotopic (exact) mass is 342 g/mol. The van der Waals surface area contributed by atoms with Gasteiger partial charge in [-0.3, -0.25) is 19.3 Å². The Bertz CT molecular complexity index is 968. The van der Waals surface area contributed by atoms with E-state index in [1.807, 2.05) is 6.92 Å². The molecule has 3 aromatic rings. The van der Waals surface area contributed by atoms with Gasteiger partial charge in [-0.2, -0.15) is 0 Å². The highest BCUT2D eigenvalue weighted by Crippen LogP contribution is 2.20. The maximum absolute atomic E-state index is 13.6. The third-order valence-corrected chi connectivity index (χ3v) is 3.67. The Balaban J connectivity index is 2.01. The van der Waals surface area contributed by atoms with Gasteiger partial charge in [0.05, 0.1) is 10.6 Å². The van der Waals surface area contributed by atoms with Crippen molar-refractivity contribution < 1.29 is 14.1 Å². The van der Waals surface area contributed by atoms with Crippen LogP contribution >= 0.6 is 0 Å². The van der Waals surface area contributed by atoms with Crippen molar-refractivity contribution in [3.8, 4) is 0 Å². The van der Waals surface area contributed by atoms with E-state index >= 15 is 0 Å². The topological polar surface area (TPSA) is 89.5 Å². The van der Waals surface area contributed by atoms with Crippen molar-refractivity contribution in [1.29, 1.82) is 0 Å². The number of non-ortho nitro benzene ring substituents is 1. The number of amides is 1. The van der Waals surface area contributed by atoms with Gasteiger partial charge in [0.2, 0.25) is 0 Å². The number of nitrogens with one attached hydrogen (secondary N) is 1. The highest BCUT2D eigenvalue weighted by Gasteiger charge is 2.20. The number of carbonyl (C=O) groups is 1. The number of hydrogen-bond acceptors (Lipinski definition) is 4. The quantitative estimate of drug-likeness (QED) is 0.567. The van der Waals surface area contributed by atoms with Gasteiger partial charge in [0.1, 0.15) is 17.2 Å². The van der Waals surface area contributed by atoms with E-state index in [2.05, 4.69) is 10.3 Å². The second kappa shape index (κ2) is 6.68. The van der Waals surface area contributed by atoms with Gasteiger partial charge in [-0.05, 0) is 24.6 Å². The number of halogens is 1. The van der Waals surface area contributed by atoms with Gasteiger partial charge in [-0.25, -0.2) is 9.37 Å². The van der Waals surface area contributed by atoms with Crippen molar-refractivity contribution in [2.75, 3.05) is 5.32 Å². The summed E-state index contributed by atoms with van der Waals surface area (Å²) in [5.74, 6) is -0.987. The predicted octanol–water partition coefficient (Wildman–Crippen LogP) is 3.59. The molecule has 1 N–H and O–H groups in total. The lowest BCUT2D eigenvalue weighted by Crippen LogP contribution is -2.16. The van der Waals surface area contributed by atoms with Crippen LogP contribution in [0.25, 0.3) is 5.65 Å². The molecule has 2 heterocycles. The lowest BCUT2D eigenvalue weighted by atomic mass is 10.2. The zero-order valence-electron chi connectivity index (χ0n) is 13.4. The number of nitro groups is 1. The van der Waals surface area contributed by atoms with Crippen molar-refractivity contribution >= 4 is 22.9 Å². The van der Waals surface area contributed by atoms with Crippen molar-refractivity contribution in [2.45, 2.75) is 19.8 Å². The number of nitrogens with zero attached hydrogens (tertiary/aromatic N) is 3. The normalized spacial score (nSPS) is 10.8. The predicted molar refractivity (Wildman–Crippen MR) is 90.2 cm³/mol. The zero-order chi connectivity index (χ0) is 18.0. The summed E-state index contributed by atoms with van der Waals surface area (Å²) in [6.07, 6.45) is 2.52. The minimum absolute atomic E-state index is 0.129. The Hall–Kier alpha value is -3.29. The smallest absolute Gasteiger partial charge is 0.274 e. The first-order valence-corrected chi connectivity index (χ1v) is 7.72. The van der Waals surface area contributed by atoms with E-state index in [1.165, 1.54) is 40.9 Å². The SMILES string of the molecule is CCCc1nc2ccc(F)cn2c1C(=O)Nc1cccc([N+](=O)[O-])c1. The number of fused-ring (bicyclic) bond motifs is 1. The largest absolute Gasteiger partial charge is 0.320 e. The summed E-state index contributed by atoms with van der Waals surface area (Å²) >= 11 is 0. The molecule has 2 aromatic heterocycles. The standard InChI is InChI=1S/C17H15FN4O3/c1-2-4-14-16(21-10-11(18)7-8-15(21)20-14)17(23)19-12-5-3-6-13(9-12)22(24)25/h3,5-10H,2,4H2,1H3,(H,19,23). The highest BCUT2D eigenvalue weighted by molar-refractivity contribution is 6.04. The van der Waals surface area contributed by atoms with Crippen LogP contribution in [0.15, 0.2) is 42.6 Å². The van der Waals surface area contributed by atoms with Crippen molar-refractivity contribution in [2.24, 2.45) is 0 Å². The molecule has 7 nitrogen and oxygen atoms in total. The molecule has 8 heteroatoms. The number of aryl methyl sites for hydroxylation is 1. The third-order valence-electron chi connectivity index (χ3n) is 3.67. The van der Waals surface area contributed by atoms with Crippen LogP contribution in [0.4, 0.5) is 15.8 Å². The van der Waals surface area contributed by atoms with Gasteiger partial charge in [-0.15, -0.1) is 0 Å². The fraction of sp³-hybridized carbons (Fsp3) is 0.176. The third kappa shape index (κ3) is 3.32. The van der Waals surface area contributed by atoms with E-state index in [1.54, 1.807) is 6.07 Å². The minimum Gasteiger partial charge on any atom is -0.320 e. The second-order valence-electron chi connectivity index (χ2n) is 5.49. The Morgan fingerprint density at radius 3 is 2.88 bits per heavy atom. The number of anilines is 1. The molecule has 0 fully saturated rings. The highest BCUT2D eigenvalue weighted by atomic mass is 19.1. The molecule has 0 aliphatic carbocycles. The van der Waals surface area contributed by atoms with Gasteiger partial charge in [0.25, 0.3) is 11.6 Å². The molecule has 0 spiro atoms. The number of benzene rings is 1. The van der Waals surface area contributed by atoms with Gasteiger partial charge >= 0.3 is 0 Å². The summed E-state index contributed by atoms with van der Waals surface area (Å²) in [4.78, 5) is 27.4. The van der Waals surface area contributed by atoms with Gasteiger partial charge < -0.3 is 5.32 Å². The molecular formula is C17H15FN4O3. The van der Waals surface area contributed by atoms with E-state index in [-0.39, 0.29) is 17.1 Å². The molecular weight excluding hydrogens is 327 g/mol. The fourth-order valence-corrected chi connectivity index (χ4v) is 2.61. The summed E-state index contributed by atoms with van der Waals surface area (Å²) in [6, 6.07) is 8.41. The van der Waals surface area contributed by atoms with Crippen molar-refractivity contribution in [1.82, 2.24) is 9.38 Å². The van der Waals surface area contributed by atoms with Crippen LogP contribution in [0, 0.1) is 15.9 Å². The molecule has 0 unspecified atom stereocenters. The average Bonchev–Trinajstić information content (AvgIpc) is 2.92. The van der Waals surface area contributed by atoms with Crippen LogP contribution in [0.1, 0.15) is 29.5 Å². The molecule has 0 atom stereocenters. The van der Waals surface area contributed by atoms with Crippen molar-refractivity contribution in [3.63, 3.8) is 0 Å². The number of carbonyl (C=O) groups excluding carboxylic acids is 1. The molecule has 3 rings (SSSR count). The van der Waals surface area contributed by atoms with Crippen LogP contribution in [0.5, 0.6) is 0 Å². The van der Waals surface area contributed by atoms with Crippen LogP contribution in [0.2, 0.25) is 0 Å². The number of rotatable bonds is 5. The number of pyridine rings is 1. The lowest BCUT2D eigenvalue weighted by molar-refractivity contribution is -0.384. The Kier molecular flexibility index (Phi) is 4.42. The second-order valence-corrected chi connectivity index (χ2v) is 5.49. The average molecular weight is 342 g/mol. The first-order valence-electron chi connectivity index (χ1n) is 7.72. The molecule has 1 aromatic carbocycles. The van der Waals surface area contributed by atoms with E-state index in [0.29, 0.717) is 17.8 Å². The Morgan fingerprint density at radius 2 is 2.16 bits per heavy atom. The van der Waals surface area contributed by atoms with E-state index in [4.69, 9.17) is 0 Å². The maximum atomic E-state index is 13.6. The van der Waals surface area contributed by atoms with Gasteiger partial charge in [-0.1, -0.05) is 19.4 Å². The summed E-state index contributed by atoms with van der Waals surface area (Å²) in [5.41, 5.74) is 1.40. The molecule has 128 valence electrons. The van der Waals surface area contributed by atoms with Gasteiger partial charge in [0, 0.05) is 24.0 Å². The lowest BCUT2D eigenvalue weighted by Gasteiger charge is -2.07. The molecule has 0 saturated heterocycles. The number of aromatic nitrogens is 2. The van der Waals surface area contributed by atoms with Crippen LogP contribution < -0.4 is 5.32 Å². The molecule has 0 aliphatic heterocycles. The number of nitro benzene ring substituents is 1. The maximum Gasteiger partial charge on any atom is 0.274 e. The van der Waals surface area contributed by atoms with Crippen LogP contribution in [-0.4, -0.2) is 20.2 Å². The fourth-order valence-electron chi connectivity index (χ4n) is 2.61. The first-order chi connectivity index (χ1) is 12.0. The van der Waals surface area contributed by atoms with E-state index in [0.717, 1.165) is 6.42 Å². The van der Waals surface area contributed by atoms with Gasteiger partial charge in [0.15, 0.2) is 0 Å². The molecule has 25 heavy (non-hydrogen) atoms. The summed E-state index contributed by atoms with van der Waals surface area (Å²) in [7, 11) is 0. The van der Waals surface area contributed by atoms with Crippen LogP contribution in [-0.2, 0) is 6.42 Å². The van der Waals surface area contributed by atoms with Crippen molar-refractivity contribution in [3.05, 3.63) is 69.9 Å². The summed E-state index contributed by atoms with van der Waals surface area (Å²) in [6.45, 7) is 1.95. The minimum atomic E-state index is -0.540. The number of imidazole rings is 1. The first kappa shape index (κ1) is 16.6. The zero-order valence-corrected chi connectivity index (χ0v) is 13.4. The summed E-state index contributed by atoms with van der Waals surface area (Å²) in [5, 5.41) is 13.5. The Morgan fingerprint density at radius 1 is 1.36 bits per heavy atom. The van der Waals surface area contributed by atoms with E-state index < -0.39 is 16.6 Å². The molecule has 0 radical (unpaired) electrons. The van der Waals surface area contributed by atoms with Crippen LogP contribution in [0.3, 0.4) is 0 Å².